The predicted molar refractivity (Wildman–Crippen MR) is 86.9 cm³/mol. The summed E-state index contributed by atoms with van der Waals surface area (Å²) in [5, 5.41) is 6.50. The van der Waals surface area contributed by atoms with Crippen molar-refractivity contribution < 1.29 is 9.32 Å². The van der Waals surface area contributed by atoms with Crippen molar-refractivity contribution in [1.29, 1.82) is 0 Å². The van der Waals surface area contributed by atoms with Gasteiger partial charge in [-0.15, -0.1) is 0 Å². The first kappa shape index (κ1) is 15.0. The van der Waals surface area contributed by atoms with Crippen molar-refractivity contribution in [2.24, 2.45) is 0 Å². The van der Waals surface area contributed by atoms with Crippen LogP contribution in [0.2, 0.25) is 0 Å². The maximum absolute atomic E-state index is 12.2. The number of benzene rings is 1. The SMILES string of the molecule is CCc1cnoc1C(=O)Nc1ccc(-n2cnc(C)c2C)cc1. The Morgan fingerprint density at radius 2 is 2.00 bits per heavy atom. The monoisotopic (exact) mass is 310 g/mol. The zero-order valence-electron chi connectivity index (χ0n) is 13.3. The van der Waals surface area contributed by atoms with Gasteiger partial charge in [-0.05, 0) is 44.5 Å². The number of rotatable bonds is 4. The summed E-state index contributed by atoms with van der Waals surface area (Å²) in [6.07, 6.45) is 4.06. The van der Waals surface area contributed by atoms with E-state index in [9.17, 15) is 4.79 Å². The molecule has 0 aliphatic carbocycles. The molecule has 1 aromatic carbocycles. The molecular formula is C17H18N4O2. The number of imidazole rings is 1. The topological polar surface area (TPSA) is 73.0 Å². The molecule has 2 aromatic heterocycles. The molecule has 6 heteroatoms. The van der Waals surface area contributed by atoms with Crippen LogP contribution >= 0.6 is 0 Å². The lowest BCUT2D eigenvalue weighted by Gasteiger charge is -2.08. The van der Waals surface area contributed by atoms with E-state index < -0.39 is 0 Å². The molecule has 1 amide bonds. The van der Waals surface area contributed by atoms with Gasteiger partial charge in [-0.1, -0.05) is 12.1 Å². The van der Waals surface area contributed by atoms with Crippen LogP contribution in [0, 0.1) is 13.8 Å². The summed E-state index contributed by atoms with van der Waals surface area (Å²) >= 11 is 0. The van der Waals surface area contributed by atoms with Gasteiger partial charge in [-0.3, -0.25) is 4.79 Å². The van der Waals surface area contributed by atoms with Crippen molar-refractivity contribution in [3.8, 4) is 5.69 Å². The van der Waals surface area contributed by atoms with Gasteiger partial charge in [0.25, 0.3) is 5.91 Å². The molecule has 0 radical (unpaired) electrons. The molecular weight excluding hydrogens is 292 g/mol. The summed E-state index contributed by atoms with van der Waals surface area (Å²) < 4.78 is 7.03. The fourth-order valence-corrected chi connectivity index (χ4v) is 2.35. The largest absolute Gasteiger partial charge is 0.351 e. The van der Waals surface area contributed by atoms with Gasteiger partial charge in [0.2, 0.25) is 5.76 Å². The number of aromatic nitrogens is 3. The normalized spacial score (nSPS) is 10.7. The second-order valence-electron chi connectivity index (χ2n) is 5.32. The molecule has 3 rings (SSSR count). The number of hydrogen-bond acceptors (Lipinski definition) is 4. The number of carbonyl (C=O) groups excluding carboxylic acids is 1. The van der Waals surface area contributed by atoms with E-state index in [2.05, 4.69) is 15.5 Å². The molecule has 6 nitrogen and oxygen atoms in total. The van der Waals surface area contributed by atoms with Gasteiger partial charge in [-0.25, -0.2) is 4.98 Å². The van der Waals surface area contributed by atoms with Crippen molar-refractivity contribution in [3.63, 3.8) is 0 Å². The molecule has 3 aromatic rings. The molecule has 0 fully saturated rings. The highest BCUT2D eigenvalue weighted by atomic mass is 16.5. The van der Waals surface area contributed by atoms with Crippen molar-refractivity contribution in [1.82, 2.24) is 14.7 Å². The zero-order valence-corrected chi connectivity index (χ0v) is 13.3. The maximum Gasteiger partial charge on any atom is 0.294 e. The summed E-state index contributed by atoms with van der Waals surface area (Å²) in [7, 11) is 0. The number of nitrogens with zero attached hydrogens (tertiary/aromatic N) is 3. The molecule has 0 bridgehead atoms. The molecule has 1 N–H and O–H groups in total. The van der Waals surface area contributed by atoms with Gasteiger partial charge in [0.05, 0.1) is 18.2 Å². The van der Waals surface area contributed by atoms with Crippen LogP contribution < -0.4 is 5.32 Å². The van der Waals surface area contributed by atoms with Crippen LogP contribution in [-0.4, -0.2) is 20.6 Å². The van der Waals surface area contributed by atoms with Gasteiger partial charge in [0, 0.05) is 22.6 Å². The van der Waals surface area contributed by atoms with Crippen LogP contribution in [-0.2, 0) is 6.42 Å². The summed E-state index contributed by atoms with van der Waals surface area (Å²) in [5.41, 5.74) is 4.58. The number of anilines is 1. The first-order chi connectivity index (χ1) is 11.1. The van der Waals surface area contributed by atoms with E-state index in [-0.39, 0.29) is 11.7 Å². The quantitative estimate of drug-likeness (QED) is 0.802. The van der Waals surface area contributed by atoms with Crippen LogP contribution in [0.1, 0.15) is 34.4 Å². The fourth-order valence-electron chi connectivity index (χ4n) is 2.35. The average Bonchev–Trinajstić information content (AvgIpc) is 3.16. The third kappa shape index (κ3) is 2.88. The van der Waals surface area contributed by atoms with E-state index in [4.69, 9.17) is 4.52 Å². The standard InChI is InChI=1S/C17H18N4O2/c1-4-13-9-19-23-16(13)17(22)20-14-5-7-15(8-6-14)21-10-18-11(2)12(21)3/h5-10H,4H2,1-3H3,(H,20,22). The van der Waals surface area contributed by atoms with Gasteiger partial charge >= 0.3 is 0 Å². The highest BCUT2D eigenvalue weighted by Gasteiger charge is 2.16. The van der Waals surface area contributed by atoms with Crippen molar-refractivity contribution in [2.45, 2.75) is 27.2 Å². The van der Waals surface area contributed by atoms with E-state index in [1.807, 2.05) is 49.6 Å². The Balaban J connectivity index is 1.78. The molecule has 0 aliphatic heterocycles. The summed E-state index contributed by atoms with van der Waals surface area (Å²) in [6.45, 7) is 5.95. The molecule has 118 valence electrons. The molecule has 0 saturated heterocycles. The molecule has 0 unspecified atom stereocenters. The van der Waals surface area contributed by atoms with Crippen LogP contribution in [0.25, 0.3) is 5.69 Å². The van der Waals surface area contributed by atoms with Crippen molar-refractivity contribution in [3.05, 3.63) is 59.5 Å². The minimum absolute atomic E-state index is 0.262. The minimum Gasteiger partial charge on any atom is -0.351 e. The van der Waals surface area contributed by atoms with Gasteiger partial charge in [0.15, 0.2) is 0 Å². The Labute approximate surface area is 134 Å². The number of nitrogens with one attached hydrogen (secondary N) is 1. The Bertz CT molecular complexity index is 831. The van der Waals surface area contributed by atoms with Crippen LogP contribution in [0.4, 0.5) is 5.69 Å². The van der Waals surface area contributed by atoms with Gasteiger partial charge in [-0.2, -0.15) is 0 Å². The number of hydrogen-bond donors (Lipinski definition) is 1. The highest BCUT2D eigenvalue weighted by molar-refractivity contribution is 6.03. The molecule has 0 saturated carbocycles. The molecule has 0 aliphatic rings. The Kier molecular flexibility index (Phi) is 3.97. The van der Waals surface area contributed by atoms with E-state index >= 15 is 0 Å². The minimum atomic E-state index is -0.290. The van der Waals surface area contributed by atoms with E-state index in [1.54, 1.807) is 12.5 Å². The second-order valence-corrected chi connectivity index (χ2v) is 5.32. The van der Waals surface area contributed by atoms with E-state index in [1.165, 1.54) is 0 Å². The smallest absolute Gasteiger partial charge is 0.294 e. The molecule has 0 spiro atoms. The lowest BCUT2D eigenvalue weighted by molar-refractivity contribution is 0.0986. The third-order valence-corrected chi connectivity index (χ3v) is 3.89. The van der Waals surface area contributed by atoms with Crippen LogP contribution in [0.3, 0.4) is 0 Å². The van der Waals surface area contributed by atoms with Crippen LogP contribution in [0.5, 0.6) is 0 Å². The summed E-state index contributed by atoms with van der Waals surface area (Å²) in [4.78, 5) is 16.5. The van der Waals surface area contributed by atoms with E-state index in [0.717, 1.165) is 22.6 Å². The first-order valence-electron chi connectivity index (χ1n) is 7.46. The summed E-state index contributed by atoms with van der Waals surface area (Å²) in [6, 6.07) is 7.57. The van der Waals surface area contributed by atoms with Gasteiger partial charge < -0.3 is 14.4 Å². The van der Waals surface area contributed by atoms with Crippen LogP contribution in [0.15, 0.2) is 41.3 Å². The summed E-state index contributed by atoms with van der Waals surface area (Å²) in [5.74, 6) is -0.0283. The number of aryl methyl sites for hydroxylation is 2. The Morgan fingerprint density at radius 1 is 1.26 bits per heavy atom. The fraction of sp³-hybridized carbons (Fsp3) is 0.235. The first-order valence-corrected chi connectivity index (χ1v) is 7.46. The van der Waals surface area contributed by atoms with Crippen molar-refractivity contribution >= 4 is 11.6 Å². The van der Waals surface area contributed by atoms with Gasteiger partial charge in [0.1, 0.15) is 0 Å². The Morgan fingerprint density at radius 3 is 2.61 bits per heavy atom. The Hall–Kier alpha value is -2.89. The number of amides is 1. The average molecular weight is 310 g/mol. The predicted octanol–water partition coefficient (Wildman–Crippen LogP) is 3.29. The highest BCUT2D eigenvalue weighted by Crippen LogP contribution is 2.18. The third-order valence-electron chi connectivity index (χ3n) is 3.89. The van der Waals surface area contributed by atoms with E-state index in [0.29, 0.717) is 12.1 Å². The maximum atomic E-state index is 12.2. The zero-order chi connectivity index (χ0) is 16.4. The lowest BCUT2D eigenvalue weighted by atomic mass is 10.2. The molecule has 2 heterocycles. The van der Waals surface area contributed by atoms with Crippen molar-refractivity contribution in [2.75, 3.05) is 5.32 Å². The molecule has 23 heavy (non-hydrogen) atoms. The molecule has 0 atom stereocenters. The lowest BCUT2D eigenvalue weighted by Crippen LogP contribution is -2.12. The number of carbonyl (C=O) groups is 1. The second kappa shape index (κ2) is 6.08.